The van der Waals surface area contributed by atoms with E-state index in [9.17, 15) is 19.0 Å². The van der Waals surface area contributed by atoms with Gasteiger partial charge in [-0.3, -0.25) is 18.6 Å². The van der Waals surface area contributed by atoms with Crippen molar-refractivity contribution < 1.29 is 37.3 Å². The summed E-state index contributed by atoms with van der Waals surface area (Å²) in [5.74, 6) is -0.576. The number of carbonyl (C=O) groups is 2. The molecule has 0 saturated heterocycles. The van der Waals surface area contributed by atoms with E-state index in [1.807, 2.05) is 33.3 Å². The molecule has 10 heteroatoms. The number of nitrogens with one attached hydrogen (secondary N) is 1. The van der Waals surface area contributed by atoms with Gasteiger partial charge in [-0.1, -0.05) is 195 Å². The first-order valence-corrected chi connectivity index (χ1v) is 29.6. The topological polar surface area (TPSA) is 111 Å². The Kier molecular flexibility index (Phi) is 47.3. The molecular formula is C60H106N2O7P+. The van der Waals surface area contributed by atoms with Crippen molar-refractivity contribution in [3.05, 3.63) is 97.2 Å². The molecule has 0 saturated carbocycles. The second-order valence-corrected chi connectivity index (χ2v) is 21.2. The Bertz CT molecular complexity index is 1520. The minimum atomic E-state index is -4.46. The molecule has 0 aliphatic heterocycles. The fraction of sp³-hybridized carbons (Fsp3) is 0.700. The molecule has 2 N–H and O–H groups in total. The molecule has 0 spiro atoms. The van der Waals surface area contributed by atoms with Crippen LogP contribution in [0.1, 0.15) is 220 Å². The molecule has 0 rings (SSSR count). The predicted molar refractivity (Wildman–Crippen MR) is 300 cm³/mol. The SMILES string of the molecule is CC/C=C/C/C=C/C/C=C/CCCCCCC(=O)OC(/C=C\CCCCCCCCCCC)C(COP(=O)(O)OCC[N+](C)(C)C)NC(=O)CCCCC/C=C\C/C=C\C/C=C\C/C=C\CCCCC. The molecule has 402 valence electrons. The third-order valence-electron chi connectivity index (χ3n) is 11.8. The van der Waals surface area contributed by atoms with Gasteiger partial charge < -0.3 is 19.4 Å². The maximum Gasteiger partial charge on any atom is 0.472 e. The van der Waals surface area contributed by atoms with E-state index in [0.717, 1.165) is 103 Å². The third kappa shape index (κ3) is 49.9. The number of ether oxygens (including phenoxy) is 1. The van der Waals surface area contributed by atoms with E-state index in [2.05, 4.69) is 111 Å². The lowest BCUT2D eigenvalue weighted by molar-refractivity contribution is -0.870. The number of amides is 1. The summed E-state index contributed by atoms with van der Waals surface area (Å²) in [6.07, 6.45) is 65.5. The molecular weight excluding hydrogens is 892 g/mol. The molecule has 3 unspecified atom stereocenters. The van der Waals surface area contributed by atoms with Gasteiger partial charge in [-0.15, -0.1) is 0 Å². The van der Waals surface area contributed by atoms with Gasteiger partial charge in [0.25, 0.3) is 0 Å². The maximum absolute atomic E-state index is 13.5. The lowest BCUT2D eigenvalue weighted by Gasteiger charge is -2.27. The number of hydrogen-bond acceptors (Lipinski definition) is 6. The number of rotatable bonds is 49. The maximum atomic E-state index is 13.5. The second-order valence-electron chi connectivity index (χ2n) is 19.7. The number of allylic oxidation sites excluding steroid dienone is 15. The Balaban J connectivity index is 5.43. The van der Waals surface area contributed by atoms with Gasteiger partial charge >= 0.3 is 13.8 Å². The summed E-state index contributed by atoms with van der Waals surface area (Å²) in [7, 11) is 1.45. The van der Waals surface area contributed by atoms with Gasteiger partial charge in [0.1, 0.15) is 19.3 Å². The number of hydrogen-bond donors (Lipinski definition) is 2. The van der Waals surface area contributed by atoms with Gasteiger partial charge in [0.15, 0.2) is 0 Å². The zero-order valence-electron chi connectivity index (χ0n) is 45.7. The van der Waals surface area contributed by atoms with Crippen LogP contribution in [-0.2, 0) is 27.9 Å². The lowest BCUT2D eigenvalue weighted by atomic mass is 10.1. The largest absolute Gasteiger partial charge is 0.472 e. The highest BCUT2D eigenvalue weighted by Crippen LogP contribution is 2.43. The molecule has 70 heavy (non-hydrogen) atoms. The highest BCUT2D eigenvalue weighted by molar-refractivity contribution is 7.47. The first kappa shape index (κ1) is 66.9. The van der Waals surface area contributed by atoms with Crippen molar-refractivity contribution in [3.8, 4) is 0 Å². The molecule has 0 aliphatic carbocycles. The smallest absolute Gasteiger partial charge is 0.456 e. The predicted octanol–water partition coefficient (Wildman–Crippen LogP) is 16.8. The van der Waals surface area contributed by atoms with Crippen LogP contribution >= 0.6 is 7.82 Å². The van der Waals surface area contributed by atoms with Crippen LogP contribution in [0, 0.1) is 0 Å². The lowest BCUT2D eigenvalue weighted by Crippen LogP contribution is -2.47. The van der Waals surface area contributed by atoms with Crippen molar-refractivity contribution in [3.63, 3.8) is 0 Å². The van der Waals surface area contributed by atoms with Crippen LogP contribution in [0.25, 0.3) is 0 Å². The average molecular weight is 998 g/mol. The van der Waals surface area contributed by atoms with Gasteiger partial charge in [0.05, 0.1) is 33.8 Å². The molecule has 0 heterocycles. The van der Waals surface area contributed by atoms with Crippen LogP contribution < -0.4 is 5.32 Å². The molecule has 0 aromatic rings. The molecule has 3 atom stereocenters. The first-order valence-electron chi connectivity index (χ1n) is 28.1. The zero-order valence-corrected chi connectivity index (χ0v) is 46.6. The number of esters is 1. The highest BCUT2D eigenvalue weighted by atomic mass is 31.2. The van der Waals surface area contributed by atoms with E-state index in [-0.39, 0.29) is 37.9 Å². The minimum absolute atomic E-state index is 0.0251. The Morgan fingerprint density at radius 1 is 0.514 bits per heavy atom. The summed E-state index contributed by atoms with van der Waals surface area (Å²) in [5, 5.41) is 3.02. The van der Waals surface area contributed by atoms with E-state index >= 15 is 0 Å². The summed E-state index contributed by atoms with van der Waals surface area (Å²) in [4.78, 5) is 37.5. The summed E-state index contributed by atoms with van der Waals surface area (Å²) >= 11 is 0. The molecule has 0 bridgehead atoms. The van der Waals surface area contributed by atoms with Crippen LogP contribution in [0.3, 0.4) is 0 Å². The molecule has 0 aliphatic rings. The molecule has 0 aromatic carbocycles. The Morgan fingerprint density at radius 2 is 0.914 bits per heavy atom. The van der Waals surface area contributed by atoms with Gasteiger partial charge in [0.2, 0.25) is 5.91 Å². The van der Waals surface area contributed by atoms with Crippen molar-refractivity contribution >= 4 is 19.7 Å². The van der Waals surface area contributed by atoms with E-state index in [1.54, 1.807) is 0 Å². The number of nitrogens with zero attached hydrogens (tertiary/aromatic N) is 1. The number of phosphoric ester groups is 1. The number of carbonyl (C=O) groups excluding carboxylic acids is 2. The van der Waals surface area contributed by atoms with E-state index < -0.39 is 20.0 Å². The number of quaternary nitrogens is 1. The first-order chi connectivity index (χ1) is 33.9. The van der Waals surface area contributed by atoms with Crippen LogP contribution in [0.5, 0.6) is 0 Å². The summed E-state index contributed by atoms with van der Waals surface area (Å²) in [5.41, 5.74) is 0. The van der Waals surface area contributed by atoms with Crippen LogP contribution in [0.4, 0.5) is 0 Å². The third-order valence-corrected chi connectivity index (χ3v) is 12.7. The molecule has 0 fully saturated rings. The van der Waals surface area contributed by atoms with Crippen molar-refractivity contribution in [1.82, 2.24) is 5.32 Å². The minimum Gasteiger partial charge on any atom is -0.456 e. The fourth-order valence-electron chi connectivity index (χ4n) is 7.41. The van der Waals surface area contributed by atoms with E-state index in [4.69, 9.17) is 13.8 Å². The van der Waals surface area contributed by atoms with Crippen molar-refractivity contribution in [1.29, 1.82) is 0 Å². The Labute approximate surface area is 430 Å². The number of unbranched alkanes of at least 4 members (excludes halogenated alkanes) is 19. The molecule has 1 amide bonds. The molecule has 9 nitrogen and oxygen atoms in total. The Morgan fingerprint density at radius 3 is 1.41 bits per heavy atom. The van der Waals surface area contributed by atoms with Crippen LogP contribution in [0.15, 0.2) is 97.2 Å². The van der Waals surface area contributed by atoms with Gasteiger partial charge in [-0.25, -0.2) is 4.57 Å². The van der Waals surface area contributed by atoms with E-state index in [1.165, 1.54) is 70.6 Å². The van der Waals surface area contributed by atoms with Crippen molar-refractivity contribution in [2.75, 3.05) is 40.9 Å². The Hall–Kier alpha value is -3.07. The van der Waals surface area contributed by atoms with E-state index in [0.29, 0.717) is 23.9 Å². The summed E-state index contributed by atoms with van der Waals surface area (Å²) in [6, 6.07) is -0.878. The van der Waals surface area contributed by atoms with Crippen LogP contribution in [-0.4, -0.2) is 74.3 Å². The average Bonchev–Trinajstić information content (AvgIpc) is 3.32. The summed E-state index contributed by atoms with van der Waals surface area (Å²) < 4.78 is 30.5. The number of phosphoric acid groups is 1. The van der Waals surface area contributed by atoms with Gasteiger partial charge in [-0.05, 0) is 109 Å². The quantitative estimate of drug-likeness (QED) is 0.0205. The number of likely N-dealkylation sites (N-methyl/N-ethyl adjacent to an activating group) is 1. The van der Waals surface area contributed by atoms with Crippen LogP contribution in [0.2, 0.25) is 0 Å². The second kappa shape index (κ2) is 49.5. The van der Waals surface area contributed by atoms with Gasteiger partial charge in [-0.2, -0.15) is 0 Å². The van der Waals surface area contributed by atoms with Crippen molar-refractivity contribution in [2.45, 2.75) is 232 Å². The molecule has 0 radical (unpaired) electrons. The van der Waals surface area contributed by atoms with Crippen molar-refractivity contribution in [2.24, 2.45) is 0 Å². The normalized spacial score (nSPS) is 14.6. The zero-order chi connectivity index (χ0) is 51.5. The monoisotopic (exact) mass is 998 g/mol. The molecule has 0 aromatic heterocycles. The highest BCUT2D eigenvalue weighted by Gasteiger charge is 2.30. The summed E-state index contributed by atoms with van der Waals surface area (Å²) in [6.45, 7) is 6.80. The fourth-order valence-corrected chi connectivity index (χ4v) is 8.14. The standard InChI is InChI=1S/C60H105N2O7P/c1-7-10-13-16-19-22-25-27-29-30-31-32-33-34-37-40-43-46-49-52-59(63)61-57(56-68-70(65,66)67-55-54-62(4,5)6)58(51-48-45-42-39-36-24-21-18-15-12-9-3)69-60(64)53-50-47-44-41-38-35-28-26-23-20-17-14-11-8-2/h11,14,19-20,22-23,27-29,31-32,34-35,37,48,51,57-58H,7-10,12-13,15-18,21,24-26,30,33,36,38-47,49-50,52-56H2,1-6H3,(H-,61,63,65,66)/p+1/b14-11+,22-19-,23-20+,29-27-,32-31-,35-28+,37-34-,51-48-. The van der Waals surface area contributed by atoms with Gasteiger partial charge in [0, 0.05) is 12.8 Å².